The number of para-hydroxylation sites is 2. The van der Waals surface area contributed by atoms with Gasteiger partial charge in [0, 0.05) is 17.4 Å². The molecule has 1 fully saturated rings. The van der Waals surface area contributed by atoms with E-state index in [9.17, 15) is 9.59 Å². The Labute approximate surface area is 177 Å². The lowest BCUT2D eigenvalue weighted by Gasteiger charge is -2.14. The van der Waals surface area contributed by atoms with Crippen LogP contribution in [0.5, 0.6) is 0 Å². The summed E-state index contributed by atoms with van der Waals surface area (Å²) in [6.45, 7) is 4.53. The van der Waals surface area contributed by atoms with Crippen molar-refractivity contribution in [3.63, 3.8) is 0 Å². The number of benzene rings is 2. The summed E-state index contributed by atoms with van der Waals surface area (Å²) < 4.78 is 0.808. The second kappa shape index (κ2) is 9.39. The van der Waals surface area contributed by atoms with Crippen LogP contribution in [0.2, 0.25) is 0 Å². The number of hydrogen-bond acceptors (Lipinski definition) is 4. The normalized spacial score (nSPS) is 18.0. The van der Waals surface area contributed by atoms with Crippen molar-refractivity contribution in [3.05, 3.63) is 58.6 Å². The Morgan fingerprint density at radius 3 is 2.61 bits per heavy atom. The van der Waals surface area contributed by atoms with E-state index in [1.54, 1.807) is 4.90 Å². The highest BCUT2D eigenvalue weighted by Gasteiger charge is 2.38. The van der Waals surface area contributed by atoms with Gasteiger partial charge < -0.3 is 5.32 Å². The summed E-state index contributed by atoms with van der Waals surface area (Å²) in [5.74, 6) is -0.258. The zero-order valence-electron chi connectivity index (χ0n) is 15.8. The molecule has 0 aliphatic carbocycles. The Morgan fingerprint density at radius 1 is 1.18 bits per heavy atom. The van der Waals surface area contributed by atoms with Crippen LogP contribution in [0.1, 0.15) is 25.8 Å². The number of carbonyl (C=O) groups excluding carboxylic acids is 2. The molecule has 0 radical (unpaired) electrons. The molecule has 0 bridgehead atoms. The van der Waals surface area contributed by atoms with Gasteiger partial charge in [0.05, 0.1) is 11.4 Å². The molecule has 28 heavy (non-hydrogen) atoms. The van der Waals surface area contributed by atoms with Gasteiger partial charge in [-0.1, -0.05) is 49.0 Å². The Hall–Kier alpha value is -2.12. The molecule has 1 aliphatic heterocycles. The standard InChI is InChI=1S/C21H22BrN3O2S/c1-3-14-9-5-7-11-16(14)24-21-25(4-2)20(27)18(28-21)13-19(26)23-17-12-8-6-10-15(17)22/h5-12,18H,3-4,13H2,1-2H3,(H,23,26). The molecular weight excluding hydrogens is 438 g/mol. The first kappa shape index (κ1) is 20.6. The van der Waals surface area contributed by atoms with E-state index < -0.39 is 5.25 Å². The lowest BCUT2D eigenvalue weighted by Crippen LogP contribution is -2.33. The van der Waals surface area contributed by atoms with Crippen molar-refractivity contribution in [2.75, 3.05) is 11.9 Å². The molecule has 1 aliphatic rings. The van der Waals surface area contributed by atoms with Crippen LogP contribution in [0.15, 0.2) is 58.0 Å². The van der Waals surface area contributed by atoms with Gasteiger partial charge in [0.25, 0.3) is 0 Å². The molecule has 2 aromatic rings. The predicted octanol–water partition coefficient (Wildman–Crippen LogP) is 4.99. The van der Waals surface area contributed by atoms with E-state index >= 15 is 0 Å². The number of carbonyl (C=O) groups is 2. The van der Waals surface area contributed by atoms with E-state index in [4.69, 9.17) is 4.99 Å². The quantitative estimate of drug-likeness (QED) is 0.661. The molecule has 1 atom stereocenters. The summed E-state index contributed by atoms with van der Waals surface area (Å²) >= 11 is 4.78. The van der Waals surface area contributed by atoms with Crippen molar-refractivity contribution in [2.45, 2.75) is 31.9 Å². The van der Waals surface area contributed by atoms with Crippen LogP contribution in [-0.4, -0.2) is 33.7 Å². The molecule has 0 saturated carbocycles. The number of aliphatic imine (C=N–C) groups is 1. The fourth-order valence-electron chi connectivity index (χ4n) is 2.97. The molecule has 1 unspecified atom stereocenters. The molecule has 0 spiro atoms. The van der Waals surface area contributed by atoms with Gasteiger partial charge in [-0.05, 0) is 53.0 Å². The maximum absolute atomic E-state index is 12.8. The number of anilines is 1. The first-order chi connectivity index (χ1) is 13.5. The maximum atomic E-state index is 12.8. The molecule has 2 amide bonds. The zero-order valence-corrected chi connectivity index (χ0v) is 18.2. The SMILES string of the molecule is CCc1ccccc1N=C1SC(CC(=O)Nc2ccccc2Br)C(=O)N1CC. The van der Waals surface area contributed by atoms with Gasteiger partial charge in [0.2, 0.25) is 11.8 Å². The highest BCUT2D eigenvalue weighted by Crippen LogP contribution is 2.33. The van der Waals surface area contributed by atoms with Gasteiger partial charge >= 0.3 is 0 Å². The first-order valence-electron chi connectivity index (χ1n) is 9.22. The average molecular weight is 460 g/mol. The average Bonchev–Trinajstić information content (AvgIpc) is 2.98. The van der Waals surface area contributed by atoms with Gasteiger partial charge in [-0.25, -0.2) is 4.99 Å². The van der Waals surface area contributed by atoms with Gasteiger partial charge in [-0.3, -0.25) is 14.5 Å². The first-order valence-corrected chi connectivity index (χ1v) is 10.9. The summed E-state index contributed by atoms with van der Waals surface area (Å²) in [6.07, 6.45) is 0.977. The lowest BCUT2D eigenvalue weighted by molar-refractivity contribution is -0.128. The summed E-state index contributed by atoms with van der Waals surface area (Å²) in [5.41, 5.74) is 2.70. The monoisotopic (exact) mass is 459 g/mol. The largest absolute Gasteiger partial charge is 0.325 e. The Kier molecular flexibility index (Phi) is 6.91. The summed E-state index contributed by atoms with van der Waals surface area (Å²) in [4.78, 5) is 31.6. The number of aryl methyl sites for hydroxylation is 1. The van der Waals surface area contributed by atoms with Crippen LogP contribution in [-0.2, 0) is 16.0 Å². The second-order valence-corrected chi connectivity index (χ2v) is 8.32. The van der Waals surface area contributed by atoms with Gasteiger partial charge in [-0.15, -0.1) is 0 Å². The molecule has 2 aromatic carbocycles. The molecule has 0 aromatic heterocycles. The van der Waals surface area contributed by atoms with Gasteiger partial charge in [-0.2, -0.15) is 0 Å². The minimum Gasteiger partial charge on any atom is -0.325 e. The van der Waals surface area contributed by atoms with Crippen LogP contribution < -0.4 is 5.32 Å². The smallest absolute Gasteiger partial charge is 0.242 e. The number of rotatable bonds is 6. The number of amides is 2. The fraction of sp³-hybridized carbons (Fsp3) is 0.286. The highest BCUT2D eigenvalue weighted by atomic mass is 79.9. The van der Waals surface area contributed by atoms with E-state index in [1.807, 2.05) is 55.5 Å². The molecule has 7 heteroatoms. The molecule has 3 rings (SSSR count). The minimum atomic E-state index is -0.463. The number of halogens is 1. The van der Waals surface area contributed by atoms with Crippen molar-refractivity contribution in [3.8, 4) is 0 Å². The van der Waals surface area contributed by atoms with Gasteiger partial charge in [0.1, 0.15) is 5.25 Å². The molecule has 146 valence electrons. The van der Waals surface area contributed by atoms with Crippen LogP contribution in [0.25, 0.3) is 0 Å². The lowest BCUT2D eigenvalue weighted by atomic mass is 10.1. The Bertz CT molecular complexity index is 916. The van der Waals surface area contributed by atoms with Crippen molar-refractivity contribution >= 4 is 56.0 Å². The van der Waals surface area contributed by atoms with Crippen LogP contribution in [0.4, 0.5) is 11.4 Å². The zero-order chi connectivity index (χ0) is 20.1. The summed E-state index contributed by atoms with van der Waals surface area (Å²) in [5, 5.41) is 3.06. The van der Waals surface area contributed by atoms with Crippen molar-refractivity contribution in [1.82, 2.24) is 4.90 Å². The van der Waals surface area contributed by atoms with Crippen molar-refractivity contribution in [2.24, 2.45) is 4.99 Å². The third-order valence-corrected chi connectivity index (χ3v) is 6.31. The van der Waals surface area contributed by atoms with Crippen molar-refractivity contribution in [1.29, 1.82) is 0 Å². The Balaban J connectivity index is 1.75. The van der Waals surface area contributed by atoms with Crippen LogP contribution >= 0.6 is 27.7 Å². The number of nitrogens with one attached hydrogen (secondary N) is 1. The van der Waals surface area contributed by atoms with Crippen molar-refractivity contribution < 1.29 is 9.59 Å². The second-order valence-electron chi connectivity index (χ2n) is 6.30. The molecule has 5 nitrogen and oxygen atoms in total. The number of nitrogens with zero attached hydrogens (tertiary/aromatic N) is 2. The van der Waals surface area contributed by atoms with Crippen LogP contribution in [0.3, 0.4) is 0 Å². The molecular formula is C21H22BrN3O2S. The maximum Gasteiger partial charge on any atom is 0.242 e. The fourth-order valence-corrected chi connectivity index (χ4v) is 4.57. The molecule has 1 saturated heterocycles. The van der Waals surface area contributed by atoms with Gasteiger partial charge in [0.15, 0.2) is 5.17 Å². The summed E-state index contributed by atoms with van der Waals surface area (Å²) in [7, 11) is 0. The molecule has 1 heterocycles. The van der Waals surface area contributed by atoms with E-state index in [2.05, 4.69) is 28.2 Å². The predicted molar refractivity (Wildman–Crippen MR) is 119 cm³/mol. The topological polar surface area (TPSA) is 61.8 Å². The Morgan fingerprint density at radius 2 is 1.89 bits per heavy atom. The number of thioether (sulfide) groups is 1. The highest BCUT2D eigenvalue weighted by molar-refractivity contribution is 9.10. The number of hydrogen-bond donors (Lipinski definition) is 1. The van der Waals surface area contributed by atoms with E-state index in [1.165, 1.54) is 11.8 Å². The van der Waals surface area contributed by atoms with E-state index in [0.717, 1.165) is 22.1 Å². The molecule has 1 N–H and O–H groups in total. The summed E-state index contributed by atoms with van der Waals surface area (Å²) in [6, 6.07) is 15.3. The van der Waals surface area contributed by atoms with Crippen LogP contribution in [0, 0.1) is 0 Å². The number of amidine groups is 1. The van der Waals surface area contributed by atoms with E-state index in [0.29, 0.717) is 17.4 Å². The van der Waals surface area contributed by atoms with E-state index in [-0.39, 0.29) is 18.2 Å². The third-order valence-electron chi connectivity index (χ3n) is 4.44. The minimum absolute atomic E-state index is 0.0671. The third kappa shape index (κ3) is 4.64.